The van der Waals surface area contributed by atoms with Crippen LogP contribution in [0.4, 0.5) is 0 Å². The van der Waals surface area contributed by atoms with Crippen LogP contribution in [0, 0.1) is 6.92 Å². The van der Waals surface area contributed by atoms with E-state index in [1.165, 1.54) is 0 Å². The Morgan fingerprint density at radius 3 is 2.00 bits per heavy atom. The molecule has 0 aromatic heterocycles. The number of hydrogen-bond acceptors (Lipinski definition) is 5. The highest BCUT2D eigenvalue weighted by molar-refractivity contribution is 7.89. The van der Waals surface area contributed by atoms with E-state index < -0.39 is 10.0 Å². The first-order chi connectivity index (χ1) is 11.0. The summed E-state index contributed by atoms with van der Waals surface area (Å²) >= 11 is 5.28. The van der Waals surface area contributed by atoms with E-state index in [1.54, 1.807) is 24.3 Å². The van der Waals surface area contributed by atoms with E-state index in [4.69, 9.17) is 21.3 Å². The molecule has 2 atom stereocenters. The smallest absolute Gasteiger partial charge is 0.240 e. The van der Waals surface area contributed by atoms with Crippen molar-refractivity contribution in [2.75, 3.05) is 26.4 Å². The summed E-state index contributed by atoms with van der Waals surface area (Å²) in [7, 11) is -3.39. The van der Waals surface area contributed by atoms with Gasteiger partial charge in [0.2, 0.25) is 10.0 Å². The molecular weight excluding hydrogens is 375 g/mol. The molecule has 0 bridgehead atoms. The van der Waals surface area contributed by atoms with Crippen molar-refractivity contribution in [2.24, 2.45) is 0 Å². The normalized spacial score (nSPS) is 23.2. The molecular formula is C15H24Cl2N2O4S. The monoisotopic (exact) mass is 398 g/mol. The Morgan fingerprint density at radius 2 is 1.58 bits per heavy atom. The maximum atomic E-state index is 11.9. The van der Waals surface area contributed by atoms with Gasteiger partial charge in [-0.1, -0.05) is 17.7 Å². The minimum atomic E-state index is -3.39. The highest BCUT2D eigenvalue weighted by Gasteiger charge is 2.23. The average Bonchev–Trinajstić information content (AvgIpc) is 3.21. The summed E-state index contributed by atoms with van der Waals surface area (Å²) in [6, 6.07) is 7.12. The zero-order chi connectivity index (χ0) is 16.7. The molecule has 2 heterocycles. The Hall–Kier alpha value is -0.410. The Kier molecular flexibility index (Phi) is 9.51. The van der Waals surface area contributed by atoms with Gasteiger partial charge in [0, 0.05) is 25.3 Å². The quantitative estimate of drug-likeness (QED) is 0.758. The van der Waals surface area contributed by atoms with Crippen LogP contribution in [-0.2, 0) is 19.5 Å². The summed E-state index contributed by atoms with van der Waals surface area (Å²) in [5.41, 5.74) is 1.04. The van der Waals surface area contributed by atoms with Crippen LogP contribution in [0.3, 0.4) is 0 Å². The molecule has 1 aromatic carbocycles. The molecule has 0 saturated carbocycles. The molecule has 2 aliphatic heterocycles. The molecule has 2 N–H and O–H groups in total. The molecule has 3 rings (SSSR count). The summed E-state index contributed by atoms with van der Waals surface area (Å²) in [5, 5.41) is 0. The maximum Gasteiger partial charge on any atom is 0.240 e. The Labute approximate surface area is 154 Å². The van der Waals surface area contributed by atoms with Gasteiger partial charge in [0.15, 0.2) is 0 Å². The maximum absolute atomic E-state index is 11.9. The van der Waals surface area contributed by atoms with Crippen molar-refractivity contribution in [1.29, 1.82) is 0 Å². The van der Waals surface area contributed by atoms with Crippen LogP contribution in [0.2, 0.25) is 0 Å². The number of hydrogen-bond donors (Lipinski definition) is 2. The lowest BCUT2D eigenvalue weighted by Crippen LogP contribution is -2.34. The molecule has 0 aliphatic carbocycles. The molecule has 1 aromatic rings. The van der Waals surface area contributed by atoms with Crippen molar-refractivity contribution >= 4 is 34.2 Å². The second kappa shape index (κ2) is 10.6. The highest BCUT2D eigenvalue weighted by atomic mass is 35.5. The van der Waals surface area contributed by atoms with Gasteiger partial charge in [0.1, 0.15) is 0 Å². The molecule has 9 heteroatoms. The van der Waals surface area contributed by atoms with E-state index >= 15 is 0 Å². The molecule has 2 aliphatic rings. The first kappa shape index (κ1) is 21.6. The van der Waals surface area contributed by atoms with Crippen LogP contribution in [-0.4, -0.2) is 46.9 Å². The lowest BCUT2D eigenvalue weighted by Gasteiger charge is -2.11. The third kappa shape index (κ3) is 6.84. The van der Waals surface area contributed by atoms with Crippen molar-refractivity contribution < 1.29 is 17.9 Å². The predicted octanol–water partition coefficient (Wildman–Crippen LogP) is 2.00. The molecule has 0 radical (unpaired) electrons. The minimum absolute atomic E-state index is 0. The van der Waals surface area contributed by atoms with E-state index in [2.05, 4.69) is 9.56 Å². The second-order valence-electron chi connectivity index (χ2n) is 5.66. The molecule has 138 valence electrons. The zero-order valence-electron chi connectivity index (χ0n) is 13.5. The van der Waals surface area contributed by atoms with Crippen LogP contribution in [0.15, 0.2) is 29.2 Å². The lowest BCUT2D eigenvalue weighted by atomic mass is 10.2. The summed E-state index contributed by atoms with van der Waals surface area (Å²) in [5.74, 6) is 0. The van der Waals surface area contributed by atoms with Gasteiger partial charge in [0.25, 0.3) is 0 Å². The average molecular weight is 399 g/mol. The summed E-state index contributed by atoms with van der Waals surface area (Å²) in [6.45, 7) is 4.63. The first-order valence-corrected chi connectivity index (χ1v) is 9.48. The SMILES string of the molecule is Cc1ccc(S(=O)(=O)N[C@H]2CCOC2)cc1.Cl.ClN[C@H]1CCOC1. The van der Waals surface area contributed by atoms with Gasteiger partial charge in [-0.15, -0.1) is 12.4 Å². The summed E-state index contributed by atoms with van der Waals surface area (Å²) < 4.78 is 36.6. The number of nitrogens with one attached hydrogen (secondary N) is 2. The van der Waals surface area contributed by atoms with E-state index in [1.807, 2.05) is 6.92 Å². The Balaban J connectivity index is 0.000000304. The van der Waals surface area contributed by atoms with Crippen LogP contribution in [0.1, 0.15) is 18.4 Å². The number of halogens is 2. The number of benzene rings is 1. The van der Waals surface area contributed by atoms with Crippen LogP contribution in [0.25, 0.3) is 0 Å². The van der Waals surface area contributed by atoms with Crippen LogP contribution >= 0.6 is 24.2 Å². The Morgan fingerprint density at radius 1 is 1.04 bits per heavy atom. The van der Waals surface area contributed by atoms with Crippen molar-refractivity contribution in [1.82, 2.24) is 9.56 Å². The second-order valence-corrected chi connectivity index (χ2v) is 7.60. The van der Waals surface area contributed by atoms with Crippen molar-refractivity contribution in [3.63, 3.8) is 0 Å². The van der Waals surface area contributed by atoms with Gasteiger partial charge in [-0.05, 0) is 43.7 Å². The van der Waals surface area contributed by atoms with Gasteiger partial charge in [-0.3, -0.25) is 0 Å². The van der Waals surface area contributed by atoms with Gasteiger partial charge in [-0.25, -0.2) is 18.0 Å². The third-order valence-corrected chi connectivity index (χ3v) is 5.51. The largest absolute Gasteiger partial charge is 0.380 e. The van der Waals surface area contributed by atoms with Gasteiger partial charge in [0.05, 0.1) is 18.1 Å². The van der Waals surface area contributed by atoms with E-state index in [0.29, 0.717) is 24.2 Å². The topological polar surface area (TPSA) is 76.7 Å². The van der Waals surface area contributed by atoms with Gasteiger partial charge in [-0.2, -0.15) is 0 Å². The fraction of sp³-hybridized carbons (Fsp3) is 0.600. The standard InChI is InChI=1S/C11H15NO3S.C4H8ClNO.ClH/c1-9-2-4-11(5-3-9)16(13,14)12-10-6-7-15-8-10;5-6-4-1-2-7-3-4;/h2-5,10,12H,6-8H2,1H3;4,6H,1-3H2;1H/t10-;4-;/m00./s1. The molecule has 24 heavy (non-hydrogen) atoms. The van der Waals surface area contributed by atoms with Crippen molar-refractivity contribution in [3.8, 4) is 0 Å². The summed E-state index contributed by atoms with van der Waals surface area (Å²) in [6.07, 6.45) is 1.79. The van der Waals surface area contributed by atoms with E-state index in [9.17, 15) is 8.42 Å². The molecule has 2 fully saturated rings. The summed E-state index contributed by atoms with van der Waals surface area (Å²) in [4.78, 5) is 2.92. The molecule has 2 saturated heterocycles. The number of ether oxygens (including phenoxy) is 2. The number of rotatable bonds is 4. The van der Waals surface area contributed by atoms with Gasteiger partial charge < -0.3 is 9.47 Å². The van der Waals surface area contributed by atoms with Crippen molar-refractivity contribution in [3.05, 3.63) is 29.8 Å². The van der Waals surface area contributed by atoms with Gasteiger partial charge >= 0.3 is 0 Å². The fourth-order valence-electron chi connectivity index (χ4n) is 2.25. The molecule has 0 spiro atoms. The first-order valence-electron chi connectivity index (χ1n) is 7.62. The van der Waals surface area contributed by atoms with Crippen LogP contribution < -0.4 is 9.56 Å². The minimum Gasteiger partial charge on any atom is -0.380 e. The zero-order valence-corrected chi connectivity index (χ0v) is 15.9. The van der Waals surface area contributed by atoms with Crippen LogP contribution in [0.5, 0.6) is 0 Å². The predicted molar refractivity (Wildman–Crippen MR) is 96.2 cm³/mol. The molecule has 0 unspecified atom stereocenters. The highest BCUT2D eigenvalue weighted by Crippen LogP contribution is 2.13. The van der Waals surface area contributed by atoms with E-state index in [0.717, 1.165) is 31.6 Å². The number of aryl methyl sites for hydroxylation is 1. The lowest BCUT2D eigenvalue weighted by molar-refractivity contribution is 0.192. The van der Waals surface area contributed by atoms with E-state index in [-0.39, 0.29) is 18.4 Å². The van der Waals surface area contributed by atoms with Crippen molar-refractivity contribution in [2.45, 2.75) is 36.7 Å². The Bertz CT molecular complexity index is 572. The molecule has 6 nitrogen and oxygen atoms in total. The number of sulfonamides is 1. The fourth-order valence-corrected chi connectivity index (χ4v) is 3.68. The molecule has 0 amide bonds. The third-order valence-electron chi connectivity index (χ3n) is 3.67.